The van der Waals surface area contributed by atoms with Crippen LogP contribution in [0.5, 0.6) is 0 Å². The Kier molecular flexibility index (Phi) is 6.72. The van der Waals surface area contributed by atoms with Gasteiger partial charge in [-0.05, 0) is 56.7 Å². The van der Waals surface area contributed by atoms with Crippen LogP contribution >= 0.6 is 38.5 Å². The van der Waals surface area contributed by atoms with Gasteiger partial charge in [-0.15, -0.1) is 0 Å². The lowest BCUT2D eigenvalue weighted by Gasteiger charge is -2.23. The van der Waals surface area contributed by atoms with Gasteiger partial charge in [0.15, 0.2) is 6.79 Å². The van der Waals surface area contributed by atoms with Gasteiger partial charge < -0.3 is 14.0 Å². The molecule has 0 saturated heterocycles. The van der Waals surface area contributed by atoms with Gasteiger partial charge in [0.05, 0.1) is 33.3 Å². The van der Waals surface area contributed by atoms with Gasteiger partial charge in [0, 0.05) is 8.04 Å². The lowest BCUT2D eigenvalue weighted by Crippen LogP contribution is -2.37. The van der Waals surface area contributed by atoms with Crippen molar-refractivity contribution in [3.05, 3.63) is 31.8 Å². The minimum Gasteiger partial charge on any atom is -0.435 e. The highest BCUT2D eigenvalue weighted by molar-refractivity contribution is 14.1. The lowest BCUT2D eigenvalue weighted by molar-refractivity contribution is -0.870. The van der Waals surface area contributed by atoms with Crippen LogP contribution in [0.4, 0.5) is 0 Å². The Hall–Kier alpha value is -0.180. The van der Waals surface area contributed by atoms with Crippen molar-refractivity contribution in [3.8, 4) is 0 Å². The molecule has 6 heteroatoms. The van der Waals surface area contributed by atoms with Gasteiger partial charge in [0.25, 0.3) is 0 Å². The van der Waals surface area contributed by atoms with Crippen LogP contribution in [-0.2, 0) is 9.47 Å². The number of hydrogen-bond acceptors (Lipinski definition) is 3. The molecule has 19 heavy (non-hydrogen) atoms. The highest BCUT2D eigenvalue weighted by Crippen LogP contribution is 2.20. The molecule has 1 aromatic rings. The van der Waals surface area contributed by atoms with Crippen LogP contribution in [0.3, 0.4) is 0 Å². The van der Waals surface area contributed by atoms with Gasteiger partial charge in [0.2, 0.25) is 0 Å². The second kappa shape index (κ2) is 7.56. The second-order valence-electron chi connectivity index (χ2n) is 5.10. The van der Waals surface area contributed by atoms with Crippen molar-refractivity contribution in [1.82, 2.24) is 0 Å². The normalized spacial score (nSPS) is 11.4. The third kappa shape index (κ3) is 6.69. The van der Waals surface area contributed by atoms with Crippen LogP contribution in [0.15, 0.2) is 22.7 Å². The van der Waals surface area contributed by atoms with E-state index in [1.54, 1.807) is 6.07 Å². The van der Waals surface area contributed by atoms with Crippen molar-refractivity contribution < 1.29 is 18.8 Å². The van der Waals surface area contributed by atoms with Crippen LogP contribution in [0, 0.1) is 3.57 Å². The molecule has 0 radical (unpaired) electrons. The first-order chi connectivity index (χ1) is 8.79. The molecule has 0 aliphatic rings. The molecule has 0 aromatic heterocycles. The van der Waals surface area contributed by atoms with Gasteiger partial charge in [0.1, 0.15) is 6.54 Å². The van der Waals surface area contributed by atoms with E-state index in [1.807, 2.05) is 12.1 Å². The largest absolute Gasteiger partial charge is 0.435 e. The average molecular weight is 443 g/mol. The van der Waals surface area contributed by atoms with Crippen LogP contribution in [-0.4, -0.2) is 51.5 Å². The quantitative estimate of drug-likeness (QED) is 0.223. The fraction of sp³-hybridized carbons (Fsp3) is 0.462. The van der Waals surface area contributed by atoms with E-state index < -0.39 is 0 Å². The molecule has 0 saturated carbocycles. The Morgan fingerprint density at radius 1 is 1.37 bits per heavy atom. The summed E-state index contributed by atoms with van der Waals surface area (Å²) < 4.78 is 12.9. The first kappa shape index (κ1) is 16.9. The van der Waals surface area contributed by atoms with Crippen molar-refractivity contribution in [2.45, 2.75) is 0 Å². The van der Waals surface area contributed by atoms with E-state index in [0.29, 0.717) is 12.2 Å². The summed E-state index contributed by atoms with van der Waals surface area (Å²) in [4.78, 5) is 11.8. The summed E-state index contributed by atoms with van der Waals surface area (Å²) in [6, 6.07) is 5.52. The maximum Gasteiger partial charge on any atom is 0.341 e. The third-order valence-corrected chi connectivity index (χ3v) is 3.69. The Morgan fingerprint density at radius 2 is 2.05 bits per heavy atom. The highest BCUT2D eigenvalue weighted by atomic mass is 127. The van der Waals surface area contributed by atoms with Crippen LogP contribution in [0.2, 0.25) is 0 Å². The summed E-state index contributed by atoms with van der Waals surface area (Å²) in [5.41, 5.74) is 0.516. The van der Waals surface area contributed by atoms with E-state index in [2.05, 4.69) is 59.7 Å². The van der Waals surface area contributed by atoms with E-state index in [4.69, 9.17) is 9.47 Å². The van der Waals surface area contributed by atoms with Crippen LogP contribution < -0.4 is 0 Å². The predicted octanol–water partition coefficient (Wildman–Crippen LogP) is 2.89. The molecule has 0 fully saturated rings. The maximum absolute atomic E-state index is 11.8. The minimum atomic E-state index is -0.379. The molecular formula is C13H18BrINO3+. The van der Waals surface area contributed by atoms with Crippen molar-refractivity contribution in [1.29, 1.82) is 0 Å². The van der Waals surface area contributed by atoms with Gasteiger partial charge in [-0.1, -0.05) is 0 Å². The van der Waals surface area contributed by atoms with Crippen molar-refractivity contribution in [2.75, 3.05) is 41.1 Å². The maximum atomic E-state index is 11.8. The molecule has 0 amide bonds. The standard InChI is InChI=1S/C13H18BrINO3/c1-16(2,3)6-7-18-9-19-13(17)11-8-10(15)4-5-12(11)14/h4-5,8H,6-7,9H2,1-3H3/q+1. The number of likely N-dealkylation sites (N-methyl/N-ethyl adjacent to an activating group) is 1. The molecule has 106 valence electrons. The molecule has 0 bridgehead atoms. The zero-order valence-corrected chi connectivity index (χ0v) is 15.0. The molecule has 0 N–H and O–H groups in total. The number of ether oxygens (including phenoxy) is 2. The van der Waals surface area contributed by atoms with E-state index >= 15 is 0 Å². The molecule has 1 rings (SSSR count). The molecule has 0 aliphatic carbocycles. The van der Waals surface area contributed by atoms with Gasteiger partial charge in [-0.3, -0.25) is 0 Å². The number of halogens is 2. The number of esters is 1. The summed E-state index contributed by atoms with van der Waals surface area (Å²) in [5, 5.41) is 0. The summed E-state index contributed by atoms with van der Waals surface area (Å²) in [7, 11) is 6.25. The SMILES string of the molecule is C[N+](C)(C)CCOCOC(=O)c1cc(I)ccc1Br. The molecule has 4 nitrogen and oxygen atoms in total. The summed E-state index contributed by atoms with van der Waals surface area (Å²) in [6.45, 7) is 1.41. The van der Waals surface area contributed by atoms with E-state index in [1.165, 1.54) is 0 Å². The van der Waals surface area contributed by atoms with Gasteiger partial charge in [-0.2, -0.15) is 0 Å². The number of carbonyl (C=O) groups is 1. The number of benzene rings is 1. The highest BCUT2D eigenvalue weighted by Gasteiger charge is 2.12. The van der Waals surface area contributed by atoms with Gasteiger partial charge in [-0.25, -0.2) is 4.79 Å². The third-order valence-electron chi connectivity index (χ3n) is 2.33. The number of rotatable bonds is 6. The van der Waals surface area contributed by atoms with E-state index in [0.717, 1.165) is 19.1 Å². The summed E-state index contributed by atoms with van der Waals surface area (Å²) in [5.74, 6) is -0.379. The second-order valence-corrected chi connectivity index (χ2v) is 7.20. The van der Waals surface area contributed by atoms with Crippen LogP contribution in [0.1, 0.15) is 10.4 Å². The Balaban J connectivity index is 2.38. The number of carbonyl (C=O) groups excluding carboxylic acids is 1. The smallest absolute Gasteiger partial charge is 0.341 e. The van der Waals surface area contributed by atoms with Crippen molar-refractivity contribution in [2.24, 2.45) is 0 Å². The molecule has 0 atom stereocenters. The average Bonchev–Trinajstić information content (AvgIpc) is 2.30. The molecule has 0 unspecified atom stereocenters. The Labute approximate surface area is 135 Å². The lowest BCUT2D eigenvalue weighted by atomic mass is 10.2. The molecule has 0 heterocycles. The summed E-state index contributed by atoms with van der Waals surface area (Å²) in [6.07, 6.45) is 0. The predicted molar refractivity (Wildman–Crippen MR) is 86.0 cm³/mol. The monoisotopic (exact) mass is 442 g/mol. The number of hydrogen-bond donors (Lipinski definition) is 0. The zero-order chi connectivity index (χ0) is 14.5. The molecular weight excluding hydrogens is 425 g/mol. The zero-order valence-electron chi connectivity index (χ0n) is 11.3. The molecule has 1 aromatic carbocycles. The Morgan fingerprint density at radius 3 is 2.68 bits per heavy atom. The minimum absolute atomic E-state index is 0.0171. The fourth-order valence-electron chi connectivity index (χ4n) is 1.22. The molecule has 0 spiro atoms. The van der Waals surface area contributed by atoms with E-state index in [9.17, 15) is 4.79 Å². The Bertz CT molecular complexity index is 446. The summed E-state index contributed by atoms with van der Waals surface area (Å²) >= 11 is 5.49. The molecule has 0 aliphatic heterocycles. The fourth-order valence-corrected chi connectivity index (χ4v) is 2.12. The van der Waals surface area contributed by atoms with Gasteiger partial charge >= 0.3 is 5.97 Å². The van der Waals surface area contributed by atoms with E-state index in [-0.39, 0.29) is 12.8 Å². The van der Waals surface area contributed by atoms with Crippen molar-refractivity contribution >= 4 is 44.5 Å². The number of nitrogens with zero attached hydrogens (tertiary/aromatic N) is 1. The first-order valence-electron chi connectivity index (χ1n) is 5.80. The first-order valence-corrected chi connectivity index (χ1v) is 7.67. The van der Waals surface area contributed by atoms with Crippen LogP contribution in [0.25, 0.3) is 0 Å². The number of quaternary nitrogens is 1. The topological polar surface area (TPSA) is 35.5 Å². The van der Waals surface area contributed by atoms with Crippen molar-refractivity contribution in [3.63, 3.8) is 0 Å².